The average molecular weight is 426 g/mol. The van der Waals surface area contributed by atoms with Gasteiger partial charge in [0.25, 0.3) is 0 Å². The maximum Gasteiger partial charge on any atom is 0.213 e. The summed E-state index contributed by atoms with van der Waals surface area (Å²) in [6.07, 6.45) is 3.33. The number of nitrogens with zero attached hydrogens (tertiary/aromatic N) is 1. The largest absolute Gasteiger partial charge is 0.385 e. The molecule has 2 rings (SSSR count). The second-order valence-corrected chi connectivity index (χ2v) is 10.8. The molecule has 0 saturated carbocycles. The van der Waals surface area contributed by atoms with E-state index in [2.05, 4.69) is 60.8 Å². The zero-order valence-corrected chi connectivity index (χ0v) is 19.7. The van der Waals surface area contributed by atoms with Gasteiger partial charge in [-0.1, -0.05) is 6.42 Å². The van der Waals surface area contributed by atoms with Gasteiger partial charge in [0, 0.05) is 31.0 Å². The van der Waals surface area contributed by atoms with Crippen LogP contribution in [0.4, 0.5) is 11.4 Å². The van der Waals surface area contributed by atoms with Crippen molar-refractivity contribution >= 4 is 21.4 Å². The molecule has 1 aromatic carbocycles. The number of anilines is 2. The van der Waals surface area contributed by atoms with Gasteiger partial charge in [-0.2, -0.15) is 0 Å². The Morgan fingerprint density at radius 1 is 1.14 bits per heavy atom. The van der Waals surface area contributed by atoms with Gasteiger partial charge in [0.15, 0.2) is 0 Å². The Morgan fingerprint density at radius 2 is 1.83 bits per heavy atom. The summed E-state index contributed by atoms with van der Waals surface area (Å²) in [5, 5.41) is 3.14. The molecule has 7 heteroatoms. The van der Waals surface area contributed by atoms with Crippen molar-refractivity contribution in [2.75, 3.05) is 29.9 Å². The molecule has 1 aromatic rings. The molecule has 1 fully saturated rings. The smallest absolute Gasteiger partial charge is 0.213 e. The molecule has 2 N–H and O–H groups in total. The number of unbranched alkanes of at least 4 members (excludes halogenated alkanes) is 2. The van der Waals surface area contributed by atoms with E-state index in [1.807, 2.05) is 0 Å². The number of hydrogen-bond acceptors (Lipinski definition) is 5. The molecule has 0 bridgehead atoms. The highest BCUT2D eigenvalue weighted by molar-refractivity contribution is 7.90. The molecule has 3 atom stereocenters. The zero-order valence-electron chi connectivity index (χ0n) is 18.9. The Hall–Kier alpha value is -1.31. The number of morpholine rings is 1. The van der Waals surface area contributed by atoms with Crippen LogP contribution >= 0.6 is 0 Å². The van der Waals surface area contributed by atoms with Crippen LogP contribution in [0.2, 0.25) is 0 Å². The minimum atomic E-state index is -3.14. The van der Waals surface area contributed by atoms with Crippen molar-refractivity contribution in [2.45, 2.75) is 84.3 Å². The normalized spacial score (nSPS) is 22.9. The summed E-state index contributed by atoms with van der Waals surface area (Å²) in [6, 6.07) is 6.97. The van der Waals surface area contributed by atoms with Crippen LogP contribution in [-0.4, -0.2) is 51.6 Å². The summed E-state index contributed by atoms with van der Waals surface area (Å²) >= 11 is 0. The molecule has 0 amide bonds. The number of rotatable bonds is 10. The Labute approximate surface area is 177 Å². The summed E-state index contributed by atoms with van der Waals surface area (Å²) in [5.74, 6) is 0. The molecule has 0 radical (unpaired) electrons. The van der Waals surface area contributed by atoms with Gasteiger partial charge >= 0.3 is 0 Å². The molecule has 0 spiro atoms. The van der Waals surface area contributed by atoms with E-state index in [1.165, 1.54) is 11.3 Å². The quantitative estimate of drug-likeness (QED) is 0.556. The SMILES string of the molecule is Cc1cc(N2C[C@H](C)OC(C)C2C)ccc1NCCCCCNS(=O)(=O)C(C)C. The molecule has 29 heavy (non-hydrogen) atoms. The third kappa shape index (κ3) is 6.86. The molecule has 1 saturated heterocycles. The van der Waals surface area contributed by atoms with Crippen molar-refractivity contribution in [3.05, 3.63) is 23.8 Å². The number of aryl methyl sites for hydroxylation is 1. The predicted molar refractivity (Wildman–Crippen MR) is 122 cm³/mol. The first-order chi connectivity index (χ1) is 13.6. The molecule has 2 unspecified atom stereocenters. The lowest BCUT2D eigenvalue weighted by Crippen LogP contribution is -2.52. The van der Waals surface area contributed by atoms with E-state index in [1.54, 1.807) is 13.8 Å². The van der Waals surface area contributed by atoms with E-state index in [9.17, 15) is 8.42 Å². The van der Waals surface area contributed by atoms with E-state index < -0.39 is 10.0 Å². The summed E-state index contributed by atoms with van der Waals surface area (Å²) in [5.41, 5.74) is 3.66. The maximum absolute atomic E-state index is 11.7. The highest BCUT2D eigenvalue weighted by Gasteiger charge is 2.29. The van der Waals surface area contributed by atoms with E-state index in [4.69, 9.17) is 4.74 Å². The number of sulfonamides is 1. The second-order valence-electron chi connectivity index (χ2n) is 8.52. The Kier molecular flexibility index (Phi) is 8.79. The summed E-state index contributed by atoms with van der Waals surface area (Å²) in [7, 11) is -3.14. The van der Waals surface area contributed by atoms with Gasteiger partial charge in [-0.3, -0.25) is 0 Å². The van der Waals surface area contributed by atoms with Crippen LogP contribution in [0.15, 0.2) is 18.2 Å². The predicted octanol–water partition coefficient (Wildman–Crippen LogP) is 3.91. The third-order valence-electron chi connectivity index (χ3n) is 5.71. The molecular formula is C22H39N3O3S. The Balaban J connectivity index is 1.77. The van der Waals surface area contributed by atoms with Gasteiger partial charge in [-0.15, -0.1) is 0 Å². The Morgan fingerprint density at radius 3 is 2.48 bits per heavy atom. The van der Waals surface area contributed by atoms with Crippen molar-refractivity contribution in [3.63, 3.8) is 0 Å². The van der Waals surface area contributed by atoms with Gasteiger partial charge in [-0.25, -0.2) is 13.1 Å². The van der Waals surface area contributed by atoms with Crippen molar-refractivity contribution in [1.29, 1.82) is 0 Å². The monoisotopic (exact) mass is 425 g/mol. The van der Waals surface area contributed by atoms with Crippen LogP contribution in [0, 0.1) is 6.92 Å². The fourth-order valence-electron chi connectivity index (χ4n) is 3.62. The van der Waals surface area contributed by atoms with Crippen LogP contribution in [-0.2, 0) is 14.8 Å². The van der Waals surface area contributed by atoms with Crippen LogP contribution in [0.1, 0.15) is 59.4 Å². The highest BCUT2D eigenvalue weighted by atomic mass is 32.2. The molecule has 0 aromatic heterocycles. The van der Waals surface area contributed by atoms with E-state index in [-0.39, 0.29) is 17.5 Å². The summed E-state index contributed by atoms with van der Waals surface area (Å²) in [4.78, 5) is 2.44. The van der Waals surface area contributed by atoms with E-state index >= 15 is 0 Å². The number of benzene rings is 1. The molecule has 1 heterocycles. The van der Waals surface area contributed by atoms with Crippen LogP contribution in [0.25, 0.3) is 0 Å². The van der Waals surface area contributed by atoms with E-state index in [0.717, 1.165) is 38.0 Å². The van der Waals surface area contributed by atoms with Gasteiger partial charge < -0.3 is 15.0 Å². The fraction of sp³-hybridized carbons (Fsp3) is 0.727. The van der Waals surface area contributed by atoms with Gasteiger partial charge in [0.2, 0.25) is 10.0 Å². The Bertz CT molecular complexity index is 752. The molecule has 6 nitrogen and oxygen atoms in total. The standard InChI is InChI=1S/C22H39N3O3S/c1-16(2)29(26,27)24-13-9-7-8-12-23-22-11-10-21(14-17(22)3)25-15-18(4)28-20(6)19(25)5/h10-11,14,16,18-20,23-24H,7-9,12-13,15H2,1-6H3/t18-,19?,20?/m0/s1. The topological polar surface area (TPSA) is 70.7 Å². The van der Waals surface area contributed by atoms with Crippen molar-refractivity contribution in [1.82, 2.24) is 4.72 Å². The van der Waals surface area contributed by atoms with Crippen molar-refractivity contribution < 1.29 is 13.2 Å². The van der Waals surface area contributed by atoms with E-state index in [0.29, 0.717) is 12.6 Å². The minimum Gasteiger partial charge on any atom is -0.385 e. The highest BCUT2D eigenvalue weighted by Crippen LogP contribution is 2.28. The molecule has 1 aliphatic heterocycles. The average Bonchev–Trinajstić information content (AvgIpc) is 2.64. The molecule has 0 aliphatic carbocycles. The lowest BCUT2D eigenvalue weighted by molar-refractivity contribution is -0.0257. The third-order valence-corrected chi connectivity index (χ3v) is 7.55. The minimum absolute atomic E-state index is 0.224. The fourth-order valence-corrected chi connectivity index (χ4v) is 4.38. The van der Waals surface area contributed by atoms with Crippen LogP contribution < -0.4 is 14.9 Å². The number of hydrogen-bond donors (Lipinski definition) is 2. The number of ether oxygens (including phenoxy) is 1. The molecular weight excluding hydrogens is 386 g/mol. The lowest BCUT2D eigenvalue weighted by Gasteiger charge is -2.42. The van der Waals surface area contributed by atoms with Crippen LogP contribution in [0.3, 0.4) is 0 Å². The second kappa shape index (κ2) is 10.6. The zero-order chi connectivity index (χ0) is 21.6. The summed E-state index contributed by atoms with van der Waals surface area (Å²) in [6.45, 7) is 14.3. The van der Waals surface area contributed by atoms with Crippen molar-refractivity contribution in [3.8, 4) is 0 Å². The first-order valence-corrected chi connectivity index (χ1v) is 12.4. The maximum atomic E-state index is 11.7. The molecule has 166 valence electrons. The van der Waals surface area contributed by atoms with Gasteiger partial charge in [-0.05, 0) is 78.1 Å². The number of nitrogens with one attached hydrogen (secondary N) is 2. The summed E-state index contributed by atoms with van der Waals surface area (Å²) < 4.78 is 32.0. The lowest BCUT2D eigenvalue weighted by atomic mass is 10.1. The first kappa shape index (κ1) is 24.0. The molecule has 1 aliphatic rings. The first-order valence-electron chi connectivity index (χ1n) is 10.9. The van der Waals surface area contributed by atoms with Crippen LogP contribution in [0.5, 0.6) is 0 Å². The van der Waals surface area contributed by atoms with Gasteiger partial charge in [0.05, 0.1) is 23.5 Å². The van der Waals surface area contributed by atoms with Crippen molar-refractivity contribution in [2.24, 2.45) is 0 Å². The van der Waals surface area contributed by atoms with Gasteiger partial charge in [0.1, 0.15) is 0 Å².